The lowest BCUT2D eigenvalue weighted by atomic mass is 10.3. The van der Waals surface area contributed by atoms with Gasteiger partial charge in [0.05, 0.1) is 0 Å². The molecule has 12 heavy (non-hydrogen) atoms. The van der Waals surface area contributed by atoms with Crippen LogP contribution in [-0.2, 0) is 0 Å². The molecule has 0 heterocycles. The van der Waals surface area contributed by atoms with Crippen LogP contribution in [0.1, 0.15) is 0 Å². The van der Waals surface area contributed by atoms with Crippen molar-refractivity contribution in [2.45, 2.75) is 16.4 Å². The smallest absolute Gasteiger partial charge is 0.191 e. The second-order valence-electron chi connectivity index (χ2n) is 1.84. The monoisotopic (exact) mass is 230 g/mol. The largest absolute Gasteiger partial charge is 0.391 e. The molecular formula is C4H4F6S2. The zero-order valence-corrected chi connectivity index (χ0v) is 7.33. The predicted molar refractivity (Wildman–Crippen MR) is 37.3 cm³/mol. The normalized spacial score (nSPS) is 15.0. The van der Waals surface area contributed by atoms with E-state index >= 15 is 0 Å². The second kappa shape index (κ2) is 3.21. The van der Waals surface area contributed by atoms with Gasteiger partial charge in [-0.3, -0.25) is 0 Å². The molecule has 0 aromatic rings. The fraction of sp³-hybridized carbons (Fsp3) is 1.00. The molecule has 0 radical (unpaired) electrons. The molecule has 0 nitrogen and oxygen atoms in total. The number of thiol groups is 1. The van der Waals surface area contributed by atoms with Gasteiger partial charge >= 0.3 is 16.4 Å². The summed E-state index contributed by atoms with van der Waals surface area (Å²) in [5.41, 5.74) is 0. The highest BCUT2D eigenvalue weighted by atomic mass is 32.2. The molecule has 8 heteroatoms. The summed E-state index contributed by atoms with van der Waals surface area (Å²) in [4.78, 5) is 0. The van der Waals surface area contributed by atoms with E-state index in [4.69, 9.17) is 0 Å². The van der Waals surface area contributed by atoms with E-state index in [-0.39, 0.29) is 0 Å². The van der Waals surface area contributed by atoms with Crippen molar-refractivity contribution in [2.24, 2.45) is 0 Å². The summed E-state index contributed by atoms with van der Waals surface area (Å²) >= 11 is 1.45. The Hall–Kier alpha value is 0.280. The Morgan fingerprint density at radius 1 is 1.00 bits per heavy atom. The lowest BCUT2D eigenvalue weighted by molar-refractivity contribution is -0.236. The Kier molecular flexibility index (Phi) is 3.28. The van der Waals surface area contributed by atoms with Crippen LogP contribution in [0, 0.1) is 0 Å². The highest BCUT2D eigenvalue weighted by Gasteiger charge is 2.70. The van der Waals surface area contributed by atoms with Crippen LogP contribution < -0.4 is 0 Å². The number of rotatable bonds is 3. The summed E-state index contributed by atoms with van der Waals surface area (Å²) in [6.07, 6.45) is 0.605. The van der Waals surface area contributed by atoms with E-state index in [1.54, 1.807) is 0 Å². The first-order chi connectivity index (χ1) is 5.06. The van der Waals surface area contributed by atoms with E-state index in [1.807, 2.05) is 0 Å². The molecule has 0 rings (SSSR count). The molecule has 0 aliphatic rings. The van der Waals surface area contributed by atoms with E-state index in [9.17, 15) is 26.3 Å². The first-order valence-electron chi connectivity index (χ1n) is 2.47. The molecule has 0 aliphatic carbocycles. The van der Waals surface area contributed by atoms with Crippen LogP contribution in [0.3, 0.4) is 0 Å². The average Bonchev–Trinajstić information content (AvgIpc) is 1.85. The van der Waals surface area contributed by atoms with Crippen LogP contribution >= 0.6 is 24.4 Å². The lowest BCUT2D eigenvalue weighted by Gasteiger charge is -2.28. The van der Waals surface area contributed by atoms with Crippen molar-refractivity contribution in [3.8, 4) is 0 Å². The molecule has 0 aliphatic heterocycles. The molecular weight excluding hydrogens is 226 g/mol. The molecule has 0 saturated carbocycles. The van der Waals surface area contributed by atoms with E-state index in [0.29, 0.717) is 6.26 Å². The van der Waals surface area contributed by atoms with Crippen LogP contribution in [0.5, 0.6) is 0 Å². The molecule has 0 aromatic carbocycles. The van der Waals surface area contributed by atoms with Crippen molar-refractivity contribution in [3.05, 3.63) is 0 Å². The Labute approximate surface area is 74.1 Å². The minimum absolute atomic E-state index is 0.605. The molecule has 0 spiro atoms. The molecule has 0 fully saturated rings. The summed E-state index contributed by atoms with van der Waals surface area (Å²) in [7, 11) is 0. The third kappa shape index (κ3) is 1.95. The minimum atomic E-state index is -5.46. The maximum atomic E-state index is 12.1. The number of hydrogen-bond acceptors (Lipinski definition) is 2. The van der Waals surface area contributed by atoms with Crippen molar-refractivity contribution >= 4 is 24.4 Å². The van der Waals surface area contributed by atoms with Gasteiger partial charge in [0, 0.05) is 0 Å². The van der Waals surface area contributed by atoms with Gasteiger partial charge in [-0.25, -0.2) is 0 Å². The van der Waals surface area contributed by atoms with Gasteiger partial charge in [-0.15, -0.1) is 0 Å². The van der Waals surface area contributed by atoms with Gasteiger partial charge in [-0.05, 0) is 6.26 Å². The van der Waals surface area contributed by atoms with Crippen molar-refractivity contribution in [1.29, 1.82) is 0 Å². The Bertz CT molecular complexity index is 161. The van der Waals surface area contributed by atoms with E-state index in [1.165, 1.54) is 0 Å². The Morgan fingerprint density at radius 2 is 1.33 bits per heavy atom. The standard InChI is InChI=1S/C4H4F6S2/c1-12-4(9,10)2(5,6)3(7,8)11/h11H,1H3. The maximum absolute atomic E-state index is 12.1. The van der Waals surface area contributed by atoms with Crippen molar-refractivity contribution in [3.63, 3.8) is 0 Å². The molecule has 0 amide bonds. The average molecular weight is 230 g/mol. The summed E-state index contributed by atoms with van der Waals surface area (Å²) < 4.78 is 72.1. The molecule has 0 saturated heterocycles. The van der Waals surface area contributed by atoms with Gasteiger partial charge in [0.15, 0.2) is 0 Å². The number of hydrogen-bond donors (Lipinski definition) is 1. The van der Waals surface area contributed by atoms with Gasteiger partial charge in [-0.1, -0.05) is 24.4 Å². The molecule has 0 unspecified atom stereocenters. The predicted octanol–water partition coefficient (Wildman–Crippen LogP) is 3.10. The number of halogens is 6. The van der Waals surface area contributed by atoms with Crippen LogP contribution in [0.4, 0.5) is 26.3 Å². The minimum Gasteiger partial charge on any atom is -0.191 e. The molecule has 0 N–H and O–H groups in total. The van der Waals surface area contributed by atoms with E-state index in [2.05, 4.69) is 12.6 Å². The first-order valence-corrected chi connectivity index (χ1v) is 4.14. The molecule has 0 atom stereocenters. The molecule has 0 bridgehead atoms. The SMILES string of the molecule is CSC(F)(F)C(F)(F)C(F)(F)S. The highest BCUT2D eigenvalue weighted by Crippen LogP contribution is 2.51. The summed E-state index contributed by atoms with van der Waals surface area (Å²) in [6.45, 7) is 0. The highest BCUT2D eigenvalue weighted by molar-refractivity contribution is 7.99. The van der Waals surface area contributed by atoms with E-state index in [0.717, 1.165) is 0 Å². The fourth-order valence-electron chi connectivity index (χ4n) is 0.303. The number of thioether (sulfide) groups is 1. The first kappa shape index (κ1) is 12.3. The topological polar surface area (TPSA) is 0 Å². The molecule has 0 aromatic heterocycles. The summed E-state index contributed by atoms with van der Waals surface area (Å²) in [5.74, 6) is -5.46. The van der Waals surface area contributed by atoms with E-state index < -0.39 is 28.2 Å². The third-order valence-corrected chi connectivity index (χ3v) is 2.05. The van der Waals surface area contributed by atoms with Crippen molar-refractivity contribution in [1.82, 2.24) is 0 Å². The van der Waals surface area contributed by atoms with Gasteiger partial charge in [0.1, 0.15) is 0 Å². The van der Waals surface area contributed by atoms with Gasteiger partial charge in [0.25, 0.3) is 0 Å². The zero-order valence-electron chi connectivity index (χ0n) is 5.62. The second-order valence-corrected chi connectivity index (χ2v) is 3.32. The van der Waals surface area contributed by atoms with Gasteiger partial charge in [0.2, 0.25) is 0 Å². The maximum Gasteiger partial charge on any atom is 0.391 e. The number of alkyl halides is 6. The Morgan fingerprint density at radius 3 is 1.42 bits per heavy atom. The third-order valence-electron chi connectivity index (χ3n) is 1.000. The van der Waals surface area contributed by atoms with Crippen LogP contribution in [0.2, 0.25) is 0 Å². The van der Waals surface area contributed by atoms with Gasteiger partial charge in [-0.2, -0.15) is 26.3 Å². The summed E-state index contributed by atoms with van der Waals surface area (Å²) in [5, 5.41) is -9.85. The fourth-order valence-corrected chi connectivity index (χ4v) is 0.904. The molecule has 74 valence electrons. The van der Waals surface area contributed by atoms with Crippen molar-refractivity contribution < 1.29 is 26.3 Å². The Balaban J connectivity index is 4.85. The van der Waals surface area contributed by atoms with Crippen LogP contribution in [0.15, 0.2) is 0 Å². The van der Waals surface area contributed by atoms with Gasteiger partial charge < -0.3 is 0 Å². The van der Waals surface area contributed by atoms with Crippen molar-refractivity contribution in [2.75, 3.05) is 6.26 Å². The van der Waals surface area contributed by atoms with Crippen LogP contribution in [-0.4, -0.2) is 22.7 Å². The van der Waals surface area contributed by atoms with Crippen LogP contribution in [0.25, 0.3) is 0 Å². The zero-order chi connectivity index (χ0) is 10.2. The summed E-state index contributed by atoms with van der Waals surface area (Å²) in [6, 6.07) is 0. The quantitative estimate of drug-likeness (QED) is 0.574. The lowest BCUT2D eigenvalue weighted by Crippen LogP contribution is -2.49.